The lowest BCUT2D eigenvalue weighted by Gasteiger charge is -2.01. The van der Waals surface area contributed by atoms with E-state index in [1.807, 2.05) is 48.2 Å². The van der Waals surface area contributed by atoms with Crippen molar-refractivity contribution in [1.29, 1.82) is 10.5 Å². The Hall–Kier alpha value is -2.78. The van der Waals surface area contributed by atoms with E-state index in [4.69, 9.17) is 5.26 Å². The van der Waals surface area contributed by atoms with Crippen molar-refractivity contribution < 1.29 is 0 Å². The number of rotatable bonds is 2. The first kappa shape index (κ1) is 11.7. The minimum atomic E-state index is 0.604. The molecule has 2 rings (SSSR count). The molecule has 3 nitrogen and oxygen atoms in total. The third-order valence-electron chi connectivity index (χ3n) is 2.69. The summed E-state index contributed by atoms with van der Waals surface area (Å²) in [6, 6.07) is 15.2. The van der Waals surface area contributed by atoms with Gasteiger partial charge in [0, 0.05) is 13.2 Å². The fourth-order valence-electron chi connectivity index (χ4n) is 1.72. The molecule has 0 aliphatic carbocycles. The van der Waals surface area contributed by atoms with Crippen molar-refractivity contribution in [3.05, 3.63) is 59.4 Å². The lowest BCUT2D eigenvalue weighted by Crippen LogP contribution is -1.92. The van der Waals surface area contributed by atoms with Gasteiger partial charge in [0.2, 0.25) is 0 Å². The summed E-state index contributed by atoms with van der Waals surface area (Å²) in [5.41, 5.74) is 3.00. The number of benzene rings is 1. The molecule has 0 radical (unpaired) electrons. The van der Waals surface area contributed by atoms with Gasteiger partial charge in [-0.2, -0.15) is 10.5 Å². The quantitative estimate of drug-likeness (QED) is 0.749. The van der Waals surface area contributed by atoms with Crippen molar-refractivity contribution >= 4 is 11.6 Å². The van der Waals surface area contributed by atoms with E-state index in [1.165, 1.54) is 0 Å². The van der Waals surface area contributed by atoms with E-state index in [2.05, 4.69) is 12.1 Å². The highest BCUT2D eigenvalue weighted by atomic mass is 14.9. The summed E-state index contributed by atoms with van der Waals surface area (Å²) >= 11 is 0. The van der Waals surface area contributed by atoms with Crippen LogP contribution in [0.3, 0.4) is 0 Å². The fraction of sp³-hybridized carbons (Fsp3) is 0.0667. The van der Waals surface area contributed by atoms with Crippen molar-refractivity contribution in [2.75, 3.05) is 0 Å². The molecule has 0 amide bonds. The van der Waals surface area contributed by atoms with Gasteiger partial charge in [-0.25, -0.2) is 0 Å². The Bertz CT molecular complexity index is 661. The van der Waals surface area contributed by atoms with Gasteiger partial charge in [0.1, 0.15) is 6.07 Å². The molecular formula is C15H11N3. The maximum atomic E-state index is 9.20. The zero-order valence-electron chi connectivity index (χ0n) is 9.96. The van der Waals surface area contributed by atoms with Gasteiger partial charge in [-0.05, 0) is 35.9 Å². The second kappa shape index (κ2) is 5.03. The van der Waals surface area contributed by atoms with Crippen LogP contribution in [0.4, 0.5) is 0 Å². The molecule has 0 aliphatic rings. The number of allylic oxidation sites excluding steroid dienone is 1. The maximum absolute atomic E-state index is 9.20. The maximum Gasteiger partial charge on any atom is 0.101 e. The van der Waals surface area contributed by atoms with Gasteiger partial charge in [-0.15, -0.1) is 0 Å². The number of nitriles is 2. The Balaban J connectivity index is 2.39. The SMILES string of the molecule is Cn1cccc1C(C#N)=Cc1ccc(C#N)cc1. The van der Waals surface area contributed by atoms with Crippen LogP contribution in [0, 0.1) is 22.7 Å². The van der Waals surface area contributed by atoms with Gasteiger partial charge < -0.3 is 4.57 Å². The molecule has 86 valence electrons. The van der Waals surface area contributed by atoms with Crippen molar-refractivity contribution in [3.8, 4) is 12.1 Å². The number of aromatic nitrogens is 1. The molecule has 0 fully saturated rings. The summed E-state index contributed by atoms with van der Waals surface area (Å²) in [4.78, 5) is 0. The molecule has 2 aromatic rings. The molecule has 18 heavy (non-hydrogen) atoms. The Morgan fingerprint density at radius 2 is 1.89 bits per heavy atom. The lowest BCUT2D eigenvalue weighted by molar-refractivity contribution is 0.911. The molecule has 0 saturated carbocycles. The van der Waals surface area contributed by atoms with Crippen molar-refractivity contribution in [1.82, 2.24) is 4.57 Å². The van der Waals surface area contributed by atoms with Crippen LogP contribution in [0.2, 0.25) is 0 Å². The number of hydrogen-bond acceptors (Lipinski definition) is 2. The second-order valence-electron chi connectivity index (χ2n) is 3.91. The molecule has 1 aromatic carbocycles. The monoisotopic (exact) mass is 233 g/mol. The number of hydrogen-bond donors (Lipinski definition) is 0. The highest BCUT2D eigenvalue weighted by Gasteiger charge is 2.04. The molecule has 0 atom stereocenters. The molecule has 0 bridgehead atoms. The van der Waals surface area contributed by atoms with Crippen LogP contribution in [0.5, 0.6) is 0 Å². The highest BCUT2D eigenvalue weighted by molar-refractivity contribution is 5.88. The molecule has 1 heterocycles. The largest absolute Gasteiger partial charge is 0.350 e. The highest BCUT2D eigenvalue weighted by Crippen LogP contribution is 2.17. The first-order valence-corrected chi connectivity index (χ1v) is 5.48. The molecule has 0 unspecified atom stereocenters. The molecule has 3 heteroatoms. The van der Waals surface area contributed by atoms with Crippen LogP contribution < -0.4 is 0 Å². The Morgan fingerprint density at radius 1 is 1.17 bits per heavy atom. The van der Waals surface area contributed by atoms with E-state index in [-0.39, 0.29) is 0 Å². The Morgan fingerprint density at radius 3 is 2.39 bits per heavy atom. The van der Waals surface area contributed by atoms with E-state index in [0.29, 0.717) is 11.1 Å². The Labute approximate surface area is 106 Å². The predicted molar refractivity (Wildman–Crippen MR) is 70.1 cm³/mol. The van der Waals surface area contributed by atoms with Crippen molar-refractivity contribution in [3.63, 3.8) is 0 Å². The summed E-state index contributed by atoms with van der Waals surface area (Å²) in [7, 11) is 1.90. The van der Waals surface area contributed by atoms with E-state index in [0.717, 1.165) is 11.3 Å². The Kier molecular flexibility index (Phi) is 3.27. The van der Waals surface area contributed by atoms with E-state index in [9.17, 15) is 5.26 Å². The van der Waals surface area contributed by atoms with Gasteiger partial charge >= 0.3 is 0 Å². The van der Waals surface area contributed by atoms with Gasteiger partial charge in [-0.1, -0.05) is 12.1 Å². The summed E-state index contributed by atoms with van der Waals surface area (Å²) in [5, 5.41) is 17.9. The van der Waals surface area contributed by atoms with E-state index >= 15 is 0 Å². The van der Waals surface area contributed by atoms with Gasteiger partial charge in [0.05, 0.1) is 22.9 Å². The third kappa shape index (κ3) is 2.31. The average molecular weight is 233 g/mol. The number of aryl methyl sites for hydroxylation is 1. The molecule has 0 spiro atoms. The van der Waals surface area contributed by atoms with Crippen LogP contribution in [0.15, 0.2) is 42.6 Å². The van der Waals surface area contributed by atoms with Crippen LogP contribution in [-0.4, -0.2) is 4.57 Å². The summed E-state index contributed by atoms with van der Waals surface area (Å²) in [6.45, 7) is 0. The van der Waals surface area contributed by atoms with Crippen LogP contribution in [-0.2, 0) is 7.05 Å². The average Bonchev–Trinajstić information content (AvgIpc) is 2.83. The molecule has 1 aromatic heterocycles. The zero-order chi connectivity index (χ0) is 13.0. The molecule has 0 saturated heterocycles. The minimum absolute atomic E-state index is 0.604. The van der Waals surface area contributed by atoms with E-state index in [1.54, 1.807) is 12.1 Å². The number of nitrogens with zero attached hydrogens (tertiary/aromatic N) is 3. The minimum Gasteiger partial charge on any atom is -0.350 e. The smallest absolute Gasteiger partial charge is 0.101 e. The van der Waals surface area contributed by atoms with Crippen LogP contribution in [0.25, 0.3) is 11.6 Å². The predicted octanol–water partition coefficient (Wildman–Crippen LogP) is 2.96. The van der Waals surface area contributed by atoms with Gasteiger partial charge in [0.25, 0.3) is 0 Å². The second-order valence-corrected chi connectivity index (χ2v) is 3.91. The van der Waals surface area contributed by atoms with Gasteiger partial charge in [0.15, 0.2) is 0 Å². The fourth-order valence-corrected chi connectivity index (χ4v) is 1.72. The molecule has 0 aliphatic heterocycles. The topological polar surface area (TPSA) is 52.5 Å². The van der Waals surface area contributed by atoms with Crippen molar-refractivity contribution in [2.24, 2.45) is 7.05 Å². The van der Waals surface area contributed by atoms with Gasteiger partial charge in [-0.3, -0.25) is 0 Å². The van der Waals surface area contributed by atoms with Crippen molar-refractivity contribution in [2.45, 2.75) is 0 Å². The standard InChI is InChI=1S/C15H11N3/c1-18-8-2-3-15(18)14(11-17)9-12-4-6-13(10-16)7-5-12/h2-9H,1H3. The first-order valence-electron chi connectivity index (χ1n) is 5.48. The zero-order valence-corrected chi connectivity index (χ0v) is 9.96. The summed E-state index contributed by atoms with van der Waals surface area (Å²) in [6.07, 6.45) is 3.72. The normalized spacial score (nSPS) is 10.7. The first-order chi connectivity index (χ1) is 8.74. The van der Waals surface area contributed by atoms with E-state index < -0.39 is 0 Å². The van der Waals surface area contributed by atoms with Crippen LogP contribution >= 0.6 is 0 Å². The molecule has 0 N–H and O–H groups in total. The molecular weight excluding hydrogens is 222 g/mol. The summed E-state index contributed by atoms with van der Waals surface area (Å²) in [5.74, 6) is 0. The van der Waals surface area contributed by atoms with Crippen LogP contribution in [0.1, 0.15) is 16.8 Å². The third-order valence-corrected chi connectivity index (χ3v) is 2.69. The summed E-state index contributed by atoms with van der Waals surface area (Å²) < 4.78 is 1.90. The lowest BCUT2D eigenvalue weighted by atomic mass is 10.1.